The van der Waals surface area contributed by atoms with Crippen molar-refractivity contribution in [2.75, 3.05) is 12.4 Å². The normalized spacial score (nSPS) is 11.0. The molecule has 120 valence electrons. The predicted molar refractivity (Wildman–Crippen MR) is 90.9 cm³/mol. The standard InChI is InChI=1S/C16H18ClN5O/c1-5-11-10(3)20-16-18-8-19-22(16)15(11)21-13-7-12(17)9(2)6-14(13)23-4/h6-8,21H,5H2,1-4H3. The number of anilines is 2. The van der Waals surface area contributed by atoms with Crippen LogP contribution in [0.5, 0.6) is 5.75 Å². The van der Waals surface area contributed by atoms with Crippen LogP contribution in [0.4, 0.5) is 11.5 Å². The van der Waals surface area contributed by atoms with Crippen LogP contribution in [0, 0.1) is 13.8 Å². The number of methoxy groups -OCH3 is 1. The Morgan fingerprint density at radius 1 is 1.30 bits per heavy atom. The minimum atomic E-state index is 0.555. The zero-order valence-corrected chi connectivity index (χ0v) is 14.3. The van der Waals surface area contributed by atoms with Gasteiger partial charge >= 0.3 is 0 Å². The molecule has 0 radical (unpaired) electrons. The van der Waals surface area contributed by atoms with Crippen molar-refractivity contribution in [1.82, 2.24) is 19.6 Å². The maximum atomic E-state index is 6.27. The molecule has 3 rings (SSSR count). The van der Waals surface area contributed by atoms with Crippen LogP contribution in [-0.4, -0.2) is 26.7 Å². The number of fused-ring (bicyclic) bond motifs is 1. The number of halogens is 1. The molecule has 0 atom stereocenters. The van der Waals surface area contributed by atoms with Crippen LogP contribution in [0.15, 0.2) is 18.5 Å². The smallest absolute Gasteiger partial charge is 0.254 e. The van der Waals surface area contributed by atoms with Crippen LogP contribution in [0.3, 0.4) is 0 Å². The van der Waals surface area contributed by atoms with Gasteiger partial charge in [-0.1, -0.05) is 18.5 Å². The minimum Gasteiger partial charge on any atom is -0.495 e. The summed E-state index contributed by atoms with van der Waals surface area (Å²) in [5.41, 5.74) is 3.73. The molecule has 6 nitrogen and oxygen atoms in total. The Hall–Kier alpha value is -2.34. The van der Waals surface area contributed by atoms with Gasteiger partial charge in [0.1, 0.15) is 17.9 Å². The molecular weight excluding hydrogens is 314 g/mol. The number of hydrogen-bond acceptors (Lipinski definition) is 5. The van der Waals surface area contributed by atoms with Gasteiger partial charge in [-0.15, -0.1) is 0 Å². The van der Waals surface area contributed by atoms with Gasteiger partial charge < -0.3 is 10.1 Å². The minimum absolute atomic E-state index is 0.555. The molecule has 7 heteroatoms. The van der Waals surface area contributed by atoms with Crippen LogP contribution >= 0.6 is 11.6 Å². The molecule has 1 N–H and O–H groups in total. The topological polar surface area (TPSA) is 64.3 Å². The predicted octanol–water partition coefficient (Wildman–Crippen LogP) is 3.71. The van der Waals surface area contributed by atoms with E-state index in [1.807, 2.05) is 26.0 Å². The highest BCUT2D eigenvalue weighted by molar-refractivity contribution is 6.31. The first-order valence-corrected chi connectivity index (χ1v) is 7.73. The summed E-state index contributed by atoms with van der Waals surface area (Å²) in [6.07, 6.45) is 2.31. The van der Waals surface area contributed by atoms with E-state index >= 15 is 0 Å². The summed E-state index contributed by atoms with van der Waals surface area (Å²) >= 11 is 6.27. The molecule has 1 aromatic carbocycles. The van der Waals surface area contributed by atoms with E-state index in [4.69, 9.17) is 16.3 Å². The lowest BCUT2D eigenvalue weighted by Crippen LogP contribution is -2.09. The van der Waals surface area contributed by atoms with Crippen molar-refractivity contribution in [2.24, 2.45) is 0 Å². The average Bonchev–Trinajstić information content (AvgIpc) is 2.98. The Bertz CT molecular complexity index is 875. The van der Waals surface area contributed by atoms with E-state index in [0.717, 1.165) is 40.5 Å². The van der Waals surface area contributed by atoms with E-state index in [1.54, 1.807) is 11.6 Å². The number of nitrogens with one attached hydrogen (secondary N) is 1. The summed E-state index contributed by atoms with van der Waals surface area (Å²) in [6.45, 7) is 5.99. The van der Waals surface area contributed by atoms with E-state index in [0.29, 0.717) is 10.8 Å². The van der Waals surface area contributed by atoms with Crippen molar-refractivity contribution in [3.05, 3.63) is 40.3 Å². The molecule has 0 aliphatic carbocycles. The van der Waals surface area contributed by atoms with Crippen molar-refractivity contribution in [3.8, 4) is 5.75 Å². The summed E-state index contributed by atoms with van der Waals surface area (Å²) in [6, 6.07) is 3.76. The van der Waals surface area contributed by atoms with Gasteiger partial charge in [0.05, 0.1) is 12.8 Å². The molecule has 0 unspecified atom stereocenters. The SMILES string of the molecule is CCc1c(C)nc2ncnn2c1Nc1cc(Cl)c(C)cc1OC. The molecular formula is C16H18ClN5O. The Labute approximate surface area is 139 Å². The second kappa shape index (κ2) is 6.04. The number of ether oxygens (including phenoxy) is 1. The van der Waals surface area contributed by atoms with Crippen molar-refractivity contribution >= 4 is 28.9 Å². The third kappa shape index (κ3) is 2.70. The molecule has 0 aliphatic rings. The number of aryl methyl sites for hydroxylation is 2. The number of hydrogen-bond donors (Lipinski definition) is 1. The molecule has 0 fully saturated rings. The lowest BCUT2D eigenvalue weighted by Gasteiger charge is -2.17. The monoisotopic (exact) mass is 331 g/mol. The lowest BCUT2D eigenvalue weighted by atomic mass is 10.1. The Balaban J connectivity index is 2.18. The largest absolute Gasteiger partial charge is 0.495 e. The highest BCUT2D eigenvalue weighted by Gasteiger charge is 2.16. The van der Waals surface area contributed by atoms with Crippen LogP contribution in [-0.2, 0) is 6.42 Å². The Morgan fingerprint density at radius 2 is 2.09 bits per heavy atom. The summed E-state index contributed by atoms with van der Waals surface area (Å²) < 4.78 is 7.16. The molecule has 0 aliphatic heterocycles. The van der Waals surface area contributed by atoms with E-state index in [2.05, 4.69) is 27.3 Å². The van der Waals surface area contributed by atoms with E-state index in [1.165, 1.54) is 6.33 Å². The highest BCUT2D eigenvalue weighted by atomic mass is 35.5. The van der Waals surface area contributed by atoms with Crippen molar-refractivity contribution in [2.45, 2.75) is 27.2 Å². The second-order valence-electron chi connectivity index (χ2n) is 5.28. The first-order chi connectivity index (χ1) is 11.0. The first kappa shape index (κ1) is 15.6. The number of rotatable bonds is 4. The quantitative estimate of drug-likeness (QED) is 0.789. The fourth-order valence-electron chi connectivity index (χ4n) is 2.59. The van der Waals surface area contributed by atoms with Crippen molar-refractivity contribution in [3.63, 3.8) is 0 Å². The molecule has 2 heterocycles. The van der Waals surface area contributed by atoms with Gasteiger partial charge in [-0.2, -0.15) is 14.6 Å². The zero-order chi connectivity index (χ0) is 16.6. The fourth-order valence-corrected chi connectivity index (χ4v) is 2.75. The second-order valence-corrected chi connectivity index (χ2v) is 5.68. The maximum absolute atomic E-state index is 6.27. The third-order valence-corrected chi connectivity index (χ3v) is 4.23. The molecule has 0 bridgehead atoms. The lowest BCUT2D eigenvalue weighted by molar-refractivity contribution is 0.416. The number of aromatic nitrogens is 4. The van der Waals surface area contributed by atoms with Gasteiger partial charge in [0, 0.05) is 16.3 Å². The molecule has 2 aromatic heterocycles. The fraction of sp³-hybridized carbons (Fsp3) is 0.312. The number of nitrogens with zero attached hydrogens (tertiary/aromatic N) is 4. The van der Waals surface area contributed by atoms with Gasteiger partial charge in [-0.05, 0) is 38.0 Å². The van der Waals surface area contributed by atoms with Crippen molar-refractivity contribution in [1.29, 1.82) is 0 Å². The first-order valence-electron chi connectivity index (χ1n) is 7.35. The highest BCUT2D eigenvalue weighted by Crippen LogP contribution is 2.34. The van der Waals surface area contributed by atoms with Gasteiger partial charge in [0.25, 0.3) is 5.78 Å². The van der Waals surface area contributed by atoms with E-state index < -0.39 is 0 Å². The number of benzene rings is 1. The molecule has 0 spiro atoms. The van der Waals surface area contributed by atoms with Crippen LogP contribution in [0.25, 0.3) is 5.78 Å². The summed E-state index contributed by atoms with van der Waals surface area (Å²) in [4.78, 5) is 8.65. The van der Waals surface area contributed by atoms with Gasteiger partial charge in [-0.25, -0.2) is 4.98 Å². The van der Waals surface area contributed by atoms with Gasteiger partial charge in [0.15, 0.2) is 0 Å². The third-order valence-electron chi connectivity index (χ3n) is 3.82. The maximum Gasteiger partial charge on any atom is 0.254 e. The average molecular weight is 332 g/mol. The Kier molecular flexibility index (Phi) is 4.09. The summed E-state index contributed by atoms with van der Waals surface area (Å²) in [5, 5.41) is 8.33. The molecule has 0 saturated carbocycles. The Morgan fingerprint density at radius 3 is 2.78 bits per heavy atom. The summed E-state index contributed by atoms with van der Waals surface area (Å²) in [7, 11) is 1.64. The molecule has 0 amide bonds. The van der Waals surface area contributed by atoms with Gasteiger partial charge in [0.2, 0.25) is 0 Å². The van der Waals surface area contributed by atoms with E-state index in [-0.39, 0.29) is 0 Å². The molecule has 0 saturated heterocycles. The van der Waals surface area contributed by atoms with Crippen LogP contribution < -0.4 is 10.1 Å². The van der Waals surface area contributed by atoms with Crippen molar-refractivity contribution < 1.29 is 4.74 Å². The zero-order valence-electron chi connectivity index (χ0n) is 13.5. The molecule has 23 heavy (non-hydrogen) atoms. The van der Waals surface area contributed by atoms with E-state index in [9.17, 15) is 0 Å². The van der Waals surface area contributed by atoms with Crippen LogP contribution in [0.1, 0.15) is 23.7 Å². The molecule has 3 aromatic rings. The van der Waals surface area contributed by atoms with Crippen LogP contribution in [0.2, 0.25) is 5.02 Å². The van der Waals surface area contributed by atoms with Gasteiger partial charge in [-0.3, -0.25) is 0 Å². The summed E-state index contributed by atoms with van der Waals surface area (Å²) in [5.74, 6) is 2.10.